The summed E-state index contributed by atoms with van der Waals surface area (Å²) in [5, 5.41) is 5.76. The Labute approximate surface area is 162 Å². The zero-order valence-electron chi connectivity index (χ0n) is 15.6. The zero-order chi connectivity index (χ0) is 20.1. The van der Waals surface area contributed by atoms with Crippen LogP contribution in [0.3, 0.4) is 0 Å². The summed E-state index contributed by atoms with van der Waals surface area (Å²) < 4.78 is 26.7. The number of nitrogens with zero attached hydrogens (tertiary/aromatic N) is 3. The van der Waals surface area contributed by atoms with E-state index in [1.807, 2.05) is 30.3 Å². The molecule has 0 saturated carbocycles. The highest BCUT2D eigenvalue weighted by Crippen LogP contribution is 2.16. The van der Waals surface area contributed by atoms with Crippen LogP contribution in [0.25, 0.3) is 0 Å². The molecule has 7 heteroatoms. The molecule has 0 N–H and O–H groups in total. The van der Waals surface area contributed by atoms with Gasteiger partial charge in [-0.1, -0.05) is 36.4 Å². The van der Waals surface area contributed by atoms with E-state index in [1.54, 1.807) is 0 Å². The van der Waals surface area contributed by atoms with Crippen molar-refractivity contribution in [1.29, 1.82) is 0 Å². The molecule has 0 atom stereocenters. The maximum absolute atomic E-state index is 13.7. The molecule has 1 heterocycles. The quantitative estimate of drug-likeness (QED) is 0.766. The Balaban J connectivity index is 1.51. The molecule has 146 valence electrons. The first-order chi connectivity index (χ1) is 13.4. The van der Waals surface area contributed by atoms with Crippen molar-refractivity contribution in [3.05, 3.63) is 71.3 Å². The first kappa shape index (κ1) is 19.7. The van der Waals surface area contributed by atoms with Crippen molar-refractivity contribution >= 4 is 17.5 Å². The highest BCUT2D eigenvalue weighted by Gasteiger charge is 2.22. The minimum atomic E-state index is -0.699. The molecule has 0 aromatic heterocycles. The number of benzene rings is 2. The molecule has 5 nitrogen and oxygen atoms in total. The minimum Gasteiger partial charge on any atom is -0.341 e. The molecule has 1 aliphatic heterocycles. The van der Waals surface area contributed by atoms with Crippen molar-refractivity contribution in [3.8, 4) is 0 Å². The molecule has 2 aromatic carbocycles. The number of hydrogen-bond acceptors (Lipinski definition) is 3. The van der Waals surface area contributed by atoms with Crippen molar-refractivity contribution < 1.29 is 18.4 Å². The van der Waals surface area contributed by atoms with E-state index in [1.165, 1.54) is 23.0 Å². The highest BCUT2D eigenvalue weighted by atomic mass is 19.1. The van der Waals surface area contributed by atoms with E-state index in [0.29, 0.717) is 13.0 Å². The molecular weight excluding hydrogens is 364 g/mol. The highest BCUT2D eigenvalue weighted by molar-refractivity contribution is 6.02. The molecule has 0 radical (unpaired) electrons. The van der Waals surface area contributed by atoms with Gasteiger partial charge in [-0.3, -0.25) is 9.59 Å². The Bertz CT molecular complexity index is 900. The Morgan fingerprint density at radius 2 is 1.86 bits per heavy atom. The molecule has 0 aliphatic carbocycles. The SMILES string of the molecule is CN(Cc1ccc(F)cc1F)C(=O)CCC(=O)N1CCC(c2ccccc2)=N1. The Morgan fingerprint density at radius 3 is 2.57 bits per heavy atom. The molecule has 3 rings (SSSR count). The van der Waals surface area contributed by atoms with Gasteiger partial charge in [-0.2, -0.15) is 5.10 Å². The van der Waals surface area contributed by atoms with Crippen LogP contribution in [-0.2, 0) is 16.1 Å². The molecule has 1 aliphatic rings. The molecule has 0 fully saturated rings. The van der Waals surface area contributed by atoms with Gasteiger partial charge in [-0.15, -0.1) is 0 Å². The fraction of sp³-hybridized carbons (Fsp3) is 0.286. The summed E-state index contributed by atoms with van der Waals surface area (Å²) >= 11 is 0. The summed E-state index contributed by atoms with van der Waals surface area (Å²) in [6, 6.07) is 12.9. The number of carbonyl (C=O) groups is 2. The maximum atomic E-state index is 13.7. The number of hydrazone groups is 1. The smallest absolute Gasteiger partial charge is 0.243 e. The van der Waals surface area contributed by atoms with Crippen molar-refractivity contribution in [2.24, 2.45) is 5.10 Å². The van der Waals surface area contributed by atoms with Gasteiger partial charge < -0.3 is 4.90 Å². The molecule has 2 amide bonds. The van der Waals surface area contributed by atoms with Gasteiger partial charge in [-0.05, 0) is 11.6 Å². The molecule has 0 saturated heterocycles. The van der Waals surface area contributed by atoms with Crippen LogP contribution in [-0.4, -0.2) is 41.0 Å². The second-order valence-corrected chi connectivity index (χ2v) is 6.67. The van der Waals surface area contributed by atoms with Crippen LogP contribution in [0.4, 0.5) is 8.78 Å². The predicted molar refractivity (Wildman–Crippen MR) is 101 cm³/mol. The van der Waals surface area contributed by atoms with E-state index in [-0.39, 0.29) is 36.8 Å². The van der Waals surface area contributed by atoms with Crippen LogP contribution in [0.5, 0.6) is 0 Å². The Hall–Kier alpha value is -3.09. The lowest BCUT2D eigenvalue weighted by Gasteiger charge is -2.18. The second kappa shape index (κ2) is 8.73. The van der Waals surface area contributed by atoms with E-state index in [4.69, 9.17) is 0 Å². The Morgan fingerprint density at radius 1 is 1.11 bits per heavy atom. The lowest BCUT2D eigenvalue weighted by molar-refractivity contribution is -0.136. The molecule has 28 heavy (non-hydrogen) atoms. The summed E-state index contributed by atoms with van der Waals surface area (Å²) in [5.41, 5.74) is 2.05. The first-order valence-electron chi connectivity index (χ1n) is 9.05. The van der Waals surface area contributed by atoms with Gasteiger partial charge in [0.05, 0.1) is 12.3 Å². The van der Waals surface area contributed by atoms with E-state index in [2.05, 4.69) is 5.10 Å². The van der Waals surface area contributed by atoms with Crippen molar-refractivity contribution in [1.82, 2.24) is 9.91 Å². The summed E-state index contributed by atoms with van der Waals surface area (Å²) in [4.78, 5) is 25.9. The number of rotatable bonds is 6. The molecule has 2 aromatic rings. The standard InChI is InChI=1S/C21H21F2N3O2/c1-25(14-16-7-8-17(22)13-18(16)23)20(27)9-10-21(28)26-12-11-19(24-26)15-5-3-2-4-6-15/h2-8,13H,9-12,14H2,1H3. The number of halogens is 2. The lowest BCUT2D eigenvalue weighted by atomic mass is 10.1. The van der Waals surface area contributed by atoms with Crippen LogP contribution in [0.2, 0.25) is 0 Å². The second-order valence-electron chi connectivity index (χ2n) is 6.67. The molecule has 0 bridgehead atoms. The average molecular weight is 385 g/mol. The summed E-state index contributed by atoms with van der Waals surface area (Å²) in [5.74, 6) is -1.87. The van der Waals surface area contributed by atoms with Crippen LogP contribution >= 0.6 is 0 Å². The van der Waals surface area contributed by atoms with E-state index in [9.17, 15) is 18.4 Å². The fourth-order valence-electron chi connectivity index (χ4n) is 3.00. The monoisotopic (exact) mass is 385 g/mol. The largest absolute Gasteiger partial charge is 0.341 e. The fourth-order valence-corrected chi connectivity index (χ4v) is 3.00. The van der Waals surface area contributed by atoms with Gasteiger partial charge in [0.2, 0.25) is 11.8 Å². The number of amides is 2. The molecule has 0 spiro atoms. The van der Waals surface area contributed by atoms with Gasteiger partial charge >= 0.3 is 0 Å². The third-order valence-corrected chi connectivity index (χ3v) is 4.60. The van der Waals surface area contributed by atoms with Gasteiger partial charge in [0.1, 0.15) is 11.6 Å². The van der Waals surface area contributed by atoms with Crippen LogP contribution in [0.15, 0.2) is 53.6 Å². The van der Waals surface area contributed by atoms with E-state index >= 15 is 0 Å². The van der Waals surface area contributed by atoms with Crippen LogP contribution in [0, 0.1) is 11.6 Å². The third-order valence-electron chi connectivity index (χ3n) is 4.60. The summed E-state index contributed by atoms with van der Waals surface area (Å²) in [7, 11) is 1.52. The predicted octanol–water partition coefficient (Wildman–Crippen LogP) is 3.34. The van der Waals surface area contributed by atoms with E-state index in [0.717, 1.165) is 23.4 Å². The van der Waals surface area contributed by atoms with Gasteiger partial charge in [0.25, 0.3) is 0 Å². The third kappa shape index (κ3) is 4.79. The lowest BCUT2D eigenvalue weighted by Crippen LogP contribution is -2.29. The van der Waals surface area contributed by atoms with Crippen molar-refractivity contribution in [2.75, 3.05) is 13.6 Å². The first-order valence-corrected chi connectivity index (χ1v) is 9.05. The summed E-state index contributed by atoms with van der Waals surface area (Å²) in [6.07, 6.45) is 0.707. The normalized spacial score (nSPS) is 13.4. The van der Waals surface area contributed by atoms with E-state index < -0.39 is 11.6 Å². The van der Waals surface area contributed by atoms with Crippen molar-refractivity contribution in [3.63, 3.8) is 0 Å². The van der Waals surface area contributed by atoms with Crippen molar-refractivity contribution in [2.45, 2.75) is 25.8 Å². The molecule has 0 unspecified atom stereocenters. The van der Waals surface area contributed by atoms with Crippen LogP contribution in [0.1, 0.15) is 30.4 Å². The topological polar surface area (TPSA) is 53.0 Å². The number of hydrogen-bond donors (Lipinski definition) is 0. The maximum Gasteiger partial charge on any atom is 0.243 e. The van der Waals surface area contributed by atoms with Gasteiger partial charge in [0, 0.05) is 44.5 Å². The summed E-state index contributed by atoms with van der Waals surface area (Å²) in [6.45, 7) is 0.507. The molecular formula is C21H21F2N3O2. The van der Waals surface area contributed by atoms with Gasteiger partial charge in [-0.25, -0.2) is 13.8 Å². The van der Waals surface area contributed by atoms with Crippen LogP contribution < -0.4 is 0 Å². The zero-order valence-corrected chi connectivity index (χ0v) is 15.6. The average Bonchev–Trinajstić information content (AvgIpc) is 3.19. The Kier molecular flexibility index (Phi) is 6.13. The van der Waals surface area contributed by atoms with Gasteiger partial charge in [0.15, 0.2) is 0 Å². The minimum absolute atomic E-state index is 0.00480. The number of carbonyl (C=O) groups excluding carboxylic acids is 2.